The summed E-state index contributed by atoms with van der Waals surface area (Å²) in [4.78, 5) is 11.9. The number of carbonyl (C=O) groups is 1. The van der Waals surface area contributed by atoms with Gasteiger partial charge < -0.3 is 15.8 Å². The van der Waals surface area contributed by atoms with Crippen LogP contribution in [0.2, 0.25) is 0 Å². The Hall–Kier alpha value is -1.46. The van der Waals surface area contributed by atoms with Gasteiger partial charge in [-0.3, -0.25) is 4.79 Å². The maximum absolute atomic E-state index is 13.2. The molecule has 0 heterocycles. The fourth-order valence-electron chi connectivity index (χ4n) is 1.65. The number of methoxy groups -OCH3 is 1. The molecule has 1 aromatic carbocycles. The lowest BCUT2D eigenvalue weighted by molar-refractivity contribution is 0.0926. The number of halogens is 1. The van der Waals surface area contributed by atoms with Crippen LogP contribution in [0, 0.1) is 12.7 Å². The molecule has 0 aliphatic rings. The molecule has 0 spiro atoms. The highest BCUT2D eigenvalue weighted by Crippen LogP contribution is 2.08. The van der Waals surface area contributed by atoms with Crippen LogP contribution in [0.15, 0.2) is 18.2 Å². The summed E-state index contributed by atoms with van der Waals surface area (Å²) < 4.78 is 18.1. The van der Waals surface area contributed by atoms with Gasteiger partial charge in [0.25, 0.3) is 5.91 Å². The fraction of sp³-hybridized carbons (Fsp3) is 0.462. The van der Waals surface area contributed by atoms with E-state index in [0.717, 1.165) is 0 Å². The van der Waals surface area contributed by atoms with Crippen LogP contribution in [-0.2, 0) is 4.74 Å². The van der Waals surface area contributed by atoms with Gasteiger partial charge in [-0.1, -0.05) is 0 Å². The number of aryl methyl sites for hydroxylation is 1. The fourth-order valence-corrected chi connectivity index (χ4v) is 1.65. The van der Waals surface area contributed by atoms with E-state index in [0.29, 0.717) is 30.7 Å². The van der Waals surface area contributed by atoms with E-state index in [-0.39, 0.29) is 11.9 Å². The molecule has 3 N–H and O–H groups in total. The summed E-state index contributed by atoms with van der Waals surface area (Å²) in [6, 6.07) is 4.07. The Labute approximate surface area is 106 Å². The normalized spacial score (nSPS) is 12.2. The third kappa shape index (κ3) is 4.43. The van der Waals surface area contributed by atoms with Crippen molar-refractivity contribution in [2.24, 2.45) is 5.73 Å². The monoisotopic (exact) mass is 254 g/mol. The van der Waals surface area contributed by atoms with Gasteiger partial charge >= 0.3 is 0 Å². The summed E-state index contributed by atoms with van der Waals surface area (Å²) in [5, 5.41) is 2.76. The molecule has 1 amide bonds. The van der Waals surface area contributed by atoms with Gasteiger partial charge in [-0.2, -0.15) is 0 Å². The lowest BCUT2D eigenvalue weighted by Gasteiger charge is -2.16. The van der Waals surface area contributed by atoms with Crippen LogP contribution in [-0.4, -0.2) is 32.2 Å². The lowest BCUT2D eigenvalue weighted by atomic mass is 10.1. The van der Waals surface area contributed by atoms with Gasteiger partial charge in [0.1, 0.15) is 5.82 Å². The van der Waals surface area contributed by atoms with Crippen LogP contribution < -0.4 is 11.1 Å². The molecule has 0 bridgehead atoms. The average Bonchev–Trinajstić information content (AvgIpc) is 2.32. The summed E-state index contributed by atoms with van der Waals surface area (Å²) in [6.45, 7) is 2.58. The second-order valence-corrected chi connectivity index (χ2v) is 4.20. The maximum Gasteiger partial charge on any atom is 0.251 e. The zero-order chi connectivity index (χ0) is 13.5. The zero-order valence-electron chi connectivity index (χ0n) is 10.7. The second-order valence-electron chi connectivity index (χ2n) is 4.20. The molecule has 0 aliphatic carbocycles. The van der Waals surface area contributed by atoms with E-state index in [1.807, 2.05) is 0 Å². The van der Waals surface area contributed by atoms with Crippen molar-refractivity contribution in [3.05, 3.63) is 35.1 Å². The summed E-state index contributed by atoms with van der Waals surface area (Å²) in [5.41, 5.74) is 6.57. The highest BCUT2D eigenvalue weighted by Gasteiger charge is 2.13. The Balaban J connectivity index is 2.68. The highest BCUT2D eigenvalue weighted by atomic mass is 19.1. The minimum atomic E-state index is -0.415. The number of hydrogen-bond donors (Lipinski definition) is 2. The largest absolute Gasteiger partial charge is 0.385 e. The van der Waals surface area contributed by atoms with Gasteiger partial charge in [-0.15, -0.1) is 0 Å². The van der Waals surface area contributed by atoms with Crippen molar-refractivity contribution in [1.82, 2.24) is 5.32 Å². The molecular weight excluding hydrogens is 235 g/mol. The smallest absolute Gasteiger partial charge is 0.251 e. The lowest BCUT2D eigenvalue weighted by Crippen LogP contribution is -2.41. The molecule has 1 unspecified atom stereocenters. The van der Waals surface area contributed by atoms with Gasteiger partial charge in [0, 0.05) is 31.9 Å². The van der Waals surface area contributed by atoms with E-state index < -0.39 is 5.82 Å². The molecule has 0 aromatic heterocycles. The van der Waals surface area contributed by atoms with E-state index in [1.165, 1.54) is 12.1 Å². The van der Waals surface area contributed by atoms with Crippen molar-refractivity contribution < 1.29 is 13.9 Å². The minimum Gasteiger partial charge on any atom is -0.385 e. The van der Waals surface area contributed by atoms with Gasteiger partial charge in [0.05, 0.1) is 0 Å². The SMILES string of the molecule is COCCC(CN)NC(=O)c1cc(C)cc(F)c1. The predicted octanol–water partition coefficient (Wildman–Crippen LogP) is 1.23. The Bertz CT molecular complexity index is 390. The van der Waals surface area contributed by atoms with E-state index in [2.05, 4.69) is 5.32 Å². The average molecular weight is 254 g/mol. The van der Waals surface area contributed by atoms with Crippen molar-refractivity contribution in [2.75, 3.05) is 20.3 Å². The zero-order valence-corrected chi connectivity index (χ0v) is 10.7. The first kappa shape index (κ1) is 14.6. The molecule has 0 fully saturated rings. The second kappa shape index (κ2) is 7.08. The Morgan fingerprint density at radius 2 is 2.22 bits per heavy atom. The van der Waals surface area contributed by atoms with Crippen molar-refractivity contribution in [2.45, 2.75) is 19.4 Å². The molecule has 0 saturated carbocycles. The van der Waals surface area contributed by atoms with Crippen LogP contribution in [0.4, 0.5) is 4.39 Å². The standard InChI is InChI=1S/C13H19FN2O2/c1-9-5-10(7-11(14)6-9)13(17)16-12(8-15)3-4-18-2/h5-7,12H,3-4,8,15H2,1-2H3,(H,16,17). The number of ether oxygens (including phenoxy) is 1. The highest BCUT2D eigenvalue weighted by molar-refractivity contribution is 5.94. The molecule has 1 atom stereocenters. The summed E-state index contributed by atoms with van der Waals surface area (Å²) >= 11 is 0. The first-order valence-electron chi connectivity index (χ1n) is 5.84. The first-order chi connectivity index (χ1) is 8.56. The molecule has 1 aromatic rings. The quantitative estimate of drug-likeness (QED) is 0.802. The Kier molecular flexibility index (Phi) is 5.74. The van der Waals surface area contributed by atoms with E-state index in [1.54, 1.807) is 20.1 Å². The topological polar surface area (TPSA) is 64.3 Å². The Morgan fingerprint density at radius 3 is 2.78 bits per heavy atom. The van der Waals surface area contributed by atoms with Crippen LogP contribution in [0.1, 0.15) is 22.3 Å². The third-order valence-corrected chi connectivity index (χ3v) is 2.59. The molecule has 5 heteroatoms. The third-order valence-electron chi connectivity index (χ3n) is 2.59. The van der Waals surface area contributed by atoms with Crippen LogP contribution >= 0.6 is 0 Å². The minimum absolute atomic E-state index is 0.166. The van der Waals surface area contributed by atoms with Gasteiger partial charge in [0.15, 0.2) is 0 Å². The molecule has 1 rings (SSSR count). The number of benzene rings is 1. The number of nitrogens with one attached hydrogen (secondary N) is 1. The summed E-state index contributed by atoms with van der Waals surface area (Å²) in [6.07, 6.45) is 0.632. The number of rotatable bonds is 6. The molecule has 0 aliphatic heterocycles. The van der Waals surface area contributed by atoms with Gasteiger partial charge in [-0.05, 0) is 37.1 Å². The van der Waals surface area contributed by atoms with Crippen molar-refractivity contribution in [1.29, 1.82) is 0 Å². The predicted molar refractivity (Wildman–Crippen MR) is 67.9 cm³/mol. The van der Waals surface area contributed by atoms with Crippen LogP contribution in [0.5, 0.6) is 0 Å². The summed E-state index contributed by atoms with van der Waals surface area (Å²) in [5.74, 6) is -0.731. The van der Waals surface area contributed by atoms with Crippen molar-refractivity contribution >= 4 is 5.91 Å². The van der Waals surface area contributed by atoms with Gasteiger partial charge in [-0.25, -0.2) is 4.39 Å². The molecule has 0 saturated heterocycles. The molecule has 4 nitrogen and oxygen atoms in total. The Morgan fingerprint density at radius 1 is 1.50 bits per heavy atom. The van der Waals surface area contributed by atoms with Crippen molar-refractivity contribution in [3.8, 4) is 0 Å². The molecular formula is C13H19FN2O2. The molecule has 100 valence electrons. The number of hydrogen-bond acceptors (Lipinski definition) is 3. The van der Waals surface area contributed by atoms with E-state index >= 15 is 0 Å². The number of carbonyl (C=O) groups excluding carboxylic acids is 1. The van der Waals surface area contributed by atoms with Gasteiger partial charge in [0.2, 0.25) is 0 Å². The molecule has 18 heavy (non-hydrogen) atoms. The van der Waals surface area contributed by atoms with E-state index in [9.17, 15) is 9.18 Å². The molecule has 0 radical (unpaired) electrons. The number of nitrogens with two attached hydrogens (primary N) is 1. The number of amides is 1. The van der Waals surface area contributed by atoms with E-state index in [4.69, 9.17) is 10.5 Å². The maximum atomic E-state index is 13.2. The van der Waals surface area contributed by atoms with Crippen LogP contribution in [0.25, 0.3) is 0 Å². The van der Waals surface area contributed by atoms with Crippen molar-refractivity contribution in [3.63, 3.8) is 0 Å². The first-order valence-corrected chi connectivity index (χ1v) is 5.84. The van der Waals surface area contributed by atoms with Crippen LogP contribution in [0.3, 0.4) is 0 Å². The summed E-state index contributed by atoms with van der Waals surface area (Å²) in [7, 11) is 1.59.